The van der Waals surface area contributed by atoms with Gasteiger partial charge in [-0.15, -0.1) is 0 Å². The Bertz CT molecular complexity index is 388. The van der Waals surface area contributed by atoms with E-state index in [1.807, 2.05) is 0 Å². The van der Waals surface area contributed by atoms with Crippen molar-refractivity contribution in [3.63, 3.8) is 0 Å². The van der Waals surface area contributed by atoms with Crippen molar-refractivity contribution in [2.75, 3.05) is 6.61 Å². The van der Waals surface area contributed by atoms with E-state index in [0.29, 0.717) is 13.0 Å². The second-order valence-electron chi connectivity index (χ2n) is 8.92. The number of rotatable bonds is 18. The second-order valence-corrected chi connectivity index (χ2v) is 8.92. The lowest BCUT2D eigenvalue weighted by Gasteiger charge is -2.22. The average molecular weight is 393 g/mol. The van der Waals surface area contributed by atoms with Crippen LogP contribution in [0.5, 0.6) is 0 Å². The van der Waals surface area contributed by atoms with Crippen LogP contribution in [0.4, 0.5) is 0 Å². The predicted octanol–water partition coefficient (Wildman–Crippen LogP) is 8.39. The quantitative estimate of drug-likeness (QED) is 0.133. The number of carbonyl (C=O) groups excluding carboxylic acids is 1. The molecule has 0 amide bonds. The molecule has 0 aromatic heterocycles. The molecule has 0 radical (unpaired) electrons. The van der Waals surface area contributed by atoms with E-state index in [2.05, 4.69) is 26.0 Å². The lowest BCUT2D eigenvalue weighted by Crippen LogP contribution is -2.09. The van der Waals surface area contributed by atoms with E-state index in [4.69, 9.17) is 4.74 Å². The van der Waals surface area contributed by atoms with E-state index in [-0.39, 0.29) is 5.97 Å². The highest BCUT2D eigenvalue weighted by Crippen LogP contribution is 2.29. The minimum atomic E-state index is 0.00749. The van der Waals surface area contributed by atoms with E-state index in [9.17, 15) is 4.79 Å². The Morgan fingerprint density at radius 1 is 0.714 bits per heavy atom. The Morgan fingerprint density at radius 3 is 1.79 bits per heavy atom. The Balaban J connectivity index is 1.89. The number of allylic oxidation sites excluding steroid dienone is 2. The first kappa shape index (κ1) is 25.2. The number of esters is 1. The number of hydrogen-bond donors (Lipinski definition) is 0. The molecule has 0 aromatic carbocycles. The summed E-state index contributed by atoms with van der Waals surface area (Å²) in [4.78, 5) is 11.7. The Labute approximate surface area is 175 Å². The Kier molecular flexibility index (Phi) is 16.5. The van der Waals surface area contributed by atoms with Gasteiger partial charge in [0.25, 0.3) is 0 Å². The van der Waals surface area contributed by atoms with Crippen molar-refractivity contribution in [3.8, 4) is 0 Å². The average Bonchev–Trinajstić information content (AvgIpc) is 2.71. The smallest absolute Gasteiger partial charge is 0.305 e. The molecule has 0 heterocycles. The molecule has 1 aliphatic rings. The van der Waals surface area contributed by atoms with Gasteiger partial charge < -0.3 is 4.74 Å². The molecule has 0 spiro atoms. The molecule has 0 saturated carbocycles. The molecule has 0 N–H and O–H groups in total. The van der Waals surface area contributed by atoms with Crippen molar-refractivity contribution in [2.24, 2.45) is 11.8 Å². The summed E-state index contributed by atoms with van der Waals surface area (Å²) in [5, 5.41) is 0. The van der Waals surface area contributed by atoms with Crippen LogP contribution in [0.15, 0.2) is 12.2 Å². The van der Waals surface area contributed by atoms with Gasteiger partial charge in [-0.1, -0.05) is 96.6 Å². The number of hydrogen-bond acceptors (Lipinski definition) is 2. The molecule has 0 aliphatic heterocycles. The fraction of sp³-hybridized carbons (Fsp3) is 0.885. The van der Waals surface area contributed by atoms with E-state index >= 15 is 0 Å². The number of ether oxygens (including phenoxy) is 1. The van der Waals surface area contributed by atoms with Crippen molar-refractivity contribution >= 4 is 5.97 Å². The molecule has 0 fully saturated rings. The van der Waals surface area contributed by atoms with Gasteiger partial charge >= 0.3 is 5.97 Å². The molecule has 0 aromatic rings. The van der Waals surface area contributed by atoms with Gasteiger partial charge in [-0.3, -0.25) is 4.79 Å². The summed E-state index contributed by atoms with van der Waals surface area (Å²) in [6, 6.07) is 0. The zero-order chi connectivity index (χ0) is 20.3. The van der Waals surface area contributed by atoms with Gasteiger partial charge in [-0.2, -0.15) is 0 Å². The zero-order valence-corrected chi connectivity index (χ0v) is 19.1. The van der Waals surface area contributed by atoms with Crippen LogP contribution in [-0.4, -0.2) is 12.6 Å². The third kappa shape index (κ3) is 14.2. The first-order valence-corrected chi connectivity index (χ1v) is 12.6. The highest BCUT2D eigenvalue weighted by Gasteiger charge is 2.15. The van der Waals surface area contributed by atoms with E-state index in [1.54, 1.807) is 0 Å². The fourth-order valence-electron chi connectivity index (χ4n) is 4.24. The highest BCUT2D eigenvalue weighted by molar-refractivity contribution is 5.69. The number of carbonyl (C=O) groups is 1. The lowest BCUT2D eigenvalue weighted by molar-refractivity contribution is -0.143. The second kappa shape index (κ2) is 18.3. The van der Waals surface area contributed by atoms with Gasteiger partial charge in [-0.25, -0.2) is 0 Å². The van der Waals surface area contributed by atoms with Gasteiger partial charge in [0.05, 0.1) is 6.61 Å². The van der Waals surface area contributed by atoms with Crippen LogP contribution in [-0.2, 0) is 9.53 Å². The molecule has 1 aliphatic carbocycles. The van der Waals surface area contributed by atoms with Gasteiger partial charge in [0, 0.05) is 6.42 Å². The van der Waals surface area contributed by atoms with Gasteiger partial charge in [-0.05, 0) is 50.4 Å². The van der Waals surface area contributed by atoms with Crippen LogP contribution < -0.4 is 0 Å². The summed E-state index contributed by atoms with van der Waals surface area (Å²) in [6.45, 7) is 5.10. The van der Waals surface area contributed by atoms with Crippen molar-refractivity contribution in [2.45, 2.75) is 129 Å². The van der Waals surface area contributed by atoms with Crippen molar-refractivity contribution in [3.05, 3.63) is 12.2 Å². The van der Waals surface area contributed by atoms with Crippen molar-refractivity contribution in [1.29, 1.82) is 0 Å². The number of unbranched alkanes of at least 4 members (excludes halogenated alkanes) is 10. The van der Waals surface area contributed by atoms with Crippen molar-refractivity contribution in [1.82, 2.24) is 0 Å². The Hall–Kier alpha value is -0.790. The van der Waals surface area contributed by atoms with Crippen LogP contribution in [0.25, 0.3) is 0 Å². The topological polar surface area (TPSA) is 26.3 Å². The van der Waals surface area contributed by atoms with E-state index in [1.165, 1.54) is 96.3 Å². The van der Waals surface area contributed by atoms with Crippen LogP contribution in [0, 0.1) is 11.8 Å². The summed E-state index contributed by atoms with van der Waals surface area (Å²) >= 11 is 0. The monoisotopic (exact) mass is 392 g/mol. The van der Waals surface area contributed by atoms with Crippen molar-refractivity contribution < 1.29 is 9.53 Å². The molecule has 2 nitrogen and oxygen atoms in total. The minimum Gasteiger partial charge on any atom is -0.466 e. The summed E-state index contributed by atoms with van der Waals surface area (Å²) < 4.78 is 5.29. The molecule has 0 bridgehead atoms. The van der Waals surface area contributed by atoms with Crippen LogP contribution in [0.3, 0.4) is 0 Å². The molecule has 2 atom stereocenters. The molecule has 2 unspecified atom stereocenters. The largest absolute Gasteiger partial charge is 0.466 e. The fourth-order valence-corrected chi connectivity index (χ4v) is 4.24. The van der Waals surface area contributed by atoms with Crippen LogP contribution in [0.1, 0.15) is 129 Å². The lowest BCUT2D eigenvalue weighted by atomic mass is 9.83. The van der Waals surface area contributed by atoms with Crippen LogP contribution in [0.2, 0.25) is 0 Å². The van der Waals surface area contributed by atoms with Crippen LogP contribution >= 0.6 is 0 Å². The molecule has 164 valence electrons. The Morgan fingerprint density at radius 2 is 1.21 bits per heavy atom. The van der Waals surface area contributed by atoms with E-state index < -0.39 is 0 Å². The van der Waals surface area contributed by atoms with E-state index in [0.717, 1.165) is 24.7 Å². The maximum atomic E-state index is 11.7. The third-order valence-corrected chi connectivity index (χ3v) is 6.21. The summed E-state index contributed by atoms with van der Waals surface area (Å²) in [5.74, 6) is 1.70. The normalized spacial score (nSPS) is 19.1. The zero-order valence-electron chi connectivity index (χ0n) is 19.1. The summed E-state index contributed by atoms with van der Waals surface area (Å²) in [7, 11) is 0. The van der Waals surface area contributed by atoms with Gasteiger partial charge in [0.2, 0.25) is 0 Å². The standard InChI is InChI=1S/C26H48O2/c1-3-5-7-12-16-24-19-21-25(22-20-24)17-13-10-9-11-14-18-26(27)28-23-15-8-6-4-2/h19,21,24-25H,3-18,20,22-23H2,1-2H3. The first-order chi connectivity index (χ1) is 13.8. The predicted molar refractivity (Wildman–Crippen MR) is 122 cm³/mol. The first-order valence-electron chi connectivity index (χ1n) is 12.6. The van der Waals surface area contributed by atoms with Gasteiger partial charge in [0.1, 0.15) is 0 Å². The molecule has 28 heavy (non-hydrogen) atoms. The maximum absolute atomic E-state index is 11.7. The molecule has 2 heteroatoms. The summed E-state index contributed by atoms with van der Waals surface area (Å²) in [5.41, 5.74) is 0. The molecule has 0 saturated heterocycles. The SMILES string of the molecule is CCCCCCOC(=O)CCCCCCCC1C=CC(CCCCCC)CC1. The maximum Gasteiger partial charge on any atom is 0.305 e. The summed E-state index contributed by atoms with van der Waals surface area (Å²) in [6.07, 6.45) is 27.6. The highest BCUT2D eigenvalue weighted by atomic mass is 16.5. The molecule has 1 rings (SSSR count). The van der Waals surface area contributed by atoms with Gasteiger partial charge in [0.15, 0.2) is 0 Å². The minimum absolute atomic E-state index is 0.00749. The molecular formula is C26H48O2. The molecular weight excluding hydrogens is 344 g/mol. The third-order valence-electron chi connectivity index (χ3n) is 6.21.